The molecule has 8 nitrogen and oxygen atoms in total. The highest BCUT2D eigenvalue weighted by Gasteiger charge is 2.44. The average Bonchev–Trinajstić information content (AvgIpc) is 3.39. The lowest BCUT2D eigenvalue weighted by Crippen LogP contribution is -2.35. The van der Waals surface area contributed by atoms with E-state index in [0.29, 0.717) is 17.2 Å². The fraction of sp³-hybridized carbons (Fsp3) is 0.209. The largest absolute Gasteiger partial charge is 0.493 e. The summed E-state index contributed by atoms with van der Waals surface area (Å²) in [5.41, 5.74) is 6.56. The van der Waals surface area contributed by atoms with E-state index < -0.39 is 17.7 Å². The van der Waals surface area contributed by atoms with Gasteiger partial charge in [-0.25, -0.2) is 9.59 Å². The van der Waals surface area contributed by atoms with Gasteiger partial charge in [0.05, 0.1) is 20.8 Å². The van der Waals surface area contributed by atoms with E-state index in [1.54, 1.807) is 33.3 Å². The van der Waals surface area contributed by atoms with E-state index in [-0.39, 0.29) is 24.1 Å². The lowest BCUT2D eigenvalue weighted by atomic mass is 9.77. The summed E-state index contributed by atoms with van der Waals surface area (Å²) in [7, 11) is 3.29. The Balaban J connectivity index is 1.31. The molecule has 0 saturated carbocycles. The first-order valence-corrected chi connectivity index (χ1v) is 16.8. The molecular weight excluding hydrogens is 642 g/mol. The topological polar surface area (TPSA) is 92.3 Å². The molecule has 5 aromatic rings. The Morgan fingerprint density at radius 1 is 0.843 bits per heavy atom. The van der Waals surface area contributed by atoms with Crippen LogP contribution in [-0.2, 0) is 20.5 Å². The number of ether oxygens (including phenoxy) is 5. The van der Waals surface area contributed by atoms with Crippen molar-refractivity contribution in [3.8, 4) is 34.1 Å². The summed E-state index contributed by atoms with van der Waals surface area (Å²) in [4.78, 5) is 24.1. The highest BCUT2D eigenvalue weighted by molar-refractivity contribution is 6.09. The van der Waals surface area contributed by atoms with Crippen molar-refractivity contribution >= 4 is 28.9 Å². The first-order chi connectivity index (χ1) is 24.6. The van der Waals surface area contributed by atoms with Crippen LogP contribution in [0.2, 0.25) is 0 Å². The van der Waals surface area contributed by atoms with Gasteiger partial charge in [0.2, 0.25) is 0 Å². The molecular formula is C43H39NO7. The third-order valence-electron chi connectivity index (χ3n) is 9.69. The quantitative estimate of drug-likeness (QED) is 0.0945. The van der Waals surface area contributed by atoms with Crippen LogP contribution >= 0.6 is 0 Å². The summed E-state index contributed by atoms with van der Waals surface area (Å²) >= 11 is 0. The lowest BCUT2D eigenvalue weighted by molar-refractivity contribution is -0.138. The van der Waals surface area contributed by atoms with E-state index in [0.717, 1.165) is 33.2 Å². The van der Waals surface area contributed by atoms with Crippen LogP contribution in [0.25, 0.3) is 28.0 Å². The van der Waals surface area contributed by atoms with Crippen LogP contribution < -0.4 is 24.3 Å². The summed E-state index contributed by atoms with van der Waals surface area (Å²) in [5.74, 6) is 1.82. The summed E-state index contributed by atoms with van der Waals surface area (Å²) in [5, 5.41) is 4.51. The van der Waals surface area contributed by atoms with Crippen molar-refractivity contribution in [2.24, 2.45) is 0 Å². The van der Waals surface area contributed by atoms with Gasteiger partial charge in [0.1, 0.15) is 18.1 Å². The SMILES string of the molecule is C=C(C)C(=O)OCCNC(=O)Oc1ccc(C2(c3ccccc3)C=Cc3c4c(c5cc(OC)c(OC)cc5c3O2)-c2ccccc2C4(C)C)cc1. The molecule has 0 bridgehead atoms. The molecule has 1 unspecified atom stereocenters. The maximum absolute atomic E-state index is 12.5. The van der Waals surface area contributed by atoms with Crippen molar-refractivity contribution < 1.29 is 33.3 Å². The minimum atomic E-state index is -1.02. The second-order valence-electron chi connectivity index (χ2n) is 13.2. The molecule has 0 radical (unpaired) electrons. The van der Waals surface area contributed by atoms with Crippen LogP contribution in [0.1, 0.15) is 48.6 Å². The van der Waals surface area contributed by atoms with Gasteiger partial charge in [0.15, 0.2) is 17.1 Å². The van der Waals surface area contributed by atoms with E-state index in [1.165, 1.54) is 22.3 Å². The Kier molecular flexibility index (Phi) is 8.55. The summed E-state index contributed by atoms with van der Waals surface area (Å²) in [6.07, 6.45) is 3.64. The third-order valence-corrected chi connectivity index (χ3v) is 9.69. The standard InChI is InChI=1S/C43H39NO7/c1-26(2)40(45)49-23-22-44-41(46)50-29-18-16-28(17-19-29)43(27-12-8-7-9-13-27)21-20-31-38-37(30-14-10-11-15-34(30)42(38,3)4)32-24-35(47-5)36(48-6)25-33(32)39(31)51-43/h7-21,24-25H,1,22-23H2,2-6H3,(H,44,46). The van der Waals surface area contributed by atoms with Crippen molar-refractivity contribution in [2.45, 2.75) is 31.8 Å². The number of fused-ring (bicyclic) bond motifs is 8. The highest BCUT2D eigenvalue weighted by Crippen LogP contribution is 2.59. The minimum absolute atomic E-state index is 0.00426. The van der Waals surface area contributed by atoms with Crippen LogP contribution in [0.15, 0.2) is 109 Å². The van der Waals surface area contributed by atoms with Gasteiger partial charge in [-0.1, -0.05) is 93.2 Å². The Bertz CT molecular complexity index is 2220. The maximum Gasteiger partial charge on any atom is 0.412 e. The summed E-state index contributed by atoms with van der Waals surface area (Å²) in [6.45, 7) is 9.74. The van der Waals surface area contributed by atoms with Crippen molar-refractivity contribution in [3.63, 3.8) is 0 Å². The zero-order valence-corrected chi connectivity index (χ0v) is 29.3. The number of hydrogen-bond donors (Lipinski definition) is 1. The van der Waals surface area contributed by atoms with Crippen molar-refractivity contribution in [1.29, 1.82) is 0 Å². The molecule has 0 aromatic heterocycles. The molecule has 1 aliphatic heterocycles. The van der Waals surface area contributed by atoms with E-state index in [9.17, 15) is 9.59 Å². The number of nitrogens with one attached hydrogen (secondary N) is 1. The lowest BCUT2D eigenvalue weighted by Gasteiger charge is -2.38. The monoisotopic (exact) mass is 681 g/mol. The zero-order valence-electron chi connectivity index (χ0n) is 29.3. The molecule has 0 saturated heterocycles. The van der Waals surface area contributed by atoms with Crippen molar-refractivity contribution in [1.82, 2.24) is 5.32 Å². The molecule has 0 fully saturated rings. The smallest absolute Gasteiger partial charge is 0.412 e. The first-order valence-electron chi connectivity index (χ1n) is 16.8. The van der Waals surface area contributed by atoms with E-state index >= 15 is 0 Å². The Labute approximate surface area is 297 Å². The summed E-state index contributed by atoms with van der Waals surface area (Å²) < 4.78 is 29.5. The van der Waals surface area contributed by atoms with Gasteiger partial charge in [0.25, 0.3) is 0 Å². The minimum Gasteiger partial charge on any atom is -0.493 e. The molecule has 8 heteroatoms. The molecule has 1 aliphatic carbocycles. The van der Waals surface area contributed by atoms with E-state index in [4.69, 9.17) is 23.7 Å². The van der Waals surface area contributed by atoms with E-state index in [1.807, 2.05) is 48.5 Å². The maximum atomic E-state index is 12.5. The van der Waals surface area contributed by atoms with E-state index in [2.05, 4.69) is 68.2 Å². The predicted molar refractivity (Wildman–Crippen MR) is 198 cm³/mol. The number of carbonyl (C=O) groups excluding carboxylic acids is 2. The predicted octanol–water partition coefficient (Wildman–Crippen LogP) is 8.72. The molecule has 0 spiro atoms. The Morgan fingerprint density at radius 2 is 1.49 bits per heavy atom. The summed E-state index contributed by atoms with van der Waals surface area (Å²) in [6, 6.07) is 30.0. The van der Waals surface area contributed by atoms with Gasteiger partial charge in [-0.2, -0.15) is 0 Å². The average molecular weight is 682 g/mol. The fourth-order valence-corrected chi connectivity index (χ4v) is 7.27. The van der Waals surface area contributed by atoms with Gasteiger partial charge < -0.3 is 29.0 Å². The van der Waals surface area contributed by atoms with Gasteiger partial charge in [-0.3, -0.25) is 0 Å². The Hall–Kier alpha value is -6.02. The second kappa shape index (κ2) is 13.0. The number of hydrogen-bond acceptors (Lipinski definition) is 7. The van der Waals surface area contributed by atoms with Gasteiger partial charge in [0, 0.05) is 33.1 Å². The number of amides is 1. The number of methoxy groups -OCH3 is 2. The number of carbonyl (C=O) groups is 2. The van der Waals surface area contributed by atoms with Crippen LogP contribution in [0.5, 0.6) is 23.0 Å². The highest BCUT2D eigenvalue weighted by atomic mass is 16.6. The van der Waals surface area contributed by atoms with Gasteiger partial charge in [-0.15, -0.1) is 0 Å². The number of esters is 1. The molecule has 1 atom stereocenters. The zero-order chi connectivity index (χ0) is 35.9. The van der Waals surface area contributed by atoms with Gasteiger partial charge in [-0.05, 0) is 64.9 Å². The molecule has 1 heterocycles. The van der Waals surface area contributed by atoms with Crippen LogP contribution in [0, 0.1) is 0 Å². The molecule has 7 rings (SSSR count). The Morgan fingerprint density at radius 3 is 2.18 bits per heavy atom. The van der Waals surface area contributed by atoms with Crippen molar-refractivity contribution in [3.05, 3.63) is 137 Å². The van der Waals surface area contributed by atoms with Crippen LogP contribution in [0.3, 0.4) is 0 Å². The first kappa shape index (κ1) is 33.5. The number of benzene rings is 5. The molecule has 5 aromatic carbocycles. The molecule has 1 N–H and O–H groups in total. The van der Waals surface area contributed by atoms with Crippen LogP contribution in [0.4, 0.5) is 4.79 Å². The second-order valence-corrected chi connectivity index (χ2v) is 13.2. The molecule has 2 aliphatic rings. The van der Waals surface area contributed by atoms with Gasteiger partial charge >= 0.3 is 12.1 Å². The molecule has 258 valence electrons. The van der Waals surface area contributed by atoms with Crippen molar-refractivity contribution in [2.75, 3.05) is 27.4 Å². The molecule has 1 amide bonds. The normalized spacial score (nSPS) is 16.3. The third kappa shape index (κ3) is 5.66. The number of rotatable bonds is 9. The fourth-order valence-electron chi connectivity index (χ4n) is 7.27. The van der Waals surface area contributed by atoms with Crippen LogP contribution in [-0.4, -0.2) is 39.4 Å². The molecule has 51 heavy (non-hydrogen) atoms.